The lowest BCUT2D eigenvalue weighted by Gasteiger charge is -2.22. The number of hydrogen-bond donors (Lipinski definition) is 1. The van der Waals surface area contributed by atoms with Crippen molar-refractivity contribution in [2.24, 2.45) is 0 Å². The van der Waals surface area contributed by atoms with Gasteiger partial charge in [-0.05, 0) is 23.8 Å². The summed E-state index contributed by atoms with van der Waals surface area (Å²) in [7, 11) is -3.92. The molecule has 130 valence electrons. The number of fused-ring (bicyclic) bond motifs is 2. The average molecular weight is 361 g/mol. The molecule has 4 rings (SSSR count). The second-order valence-corrected chi connectivity index (χ2v) is 7.65. The molecule has 2 heterocycles. The molecule has 0 amide bonds. The van der Waals surface area contributed by atoms with E-state index < -0.39 is 21.9 Å². The highest BCUT2D eigenvalue weighted by atomic mass is 32.2. The van der Waals surface area contributed by atoms with Crippen LogP contribution in [0.4, 0.5) is 5.69 Å². The molecule has 1 unspecified atom stereocenters. The Kier molecular flexibility index (Phi) is 3.57. The number of ether oxygens (including phenoxy) is 2. The van der Waals surface area contributed by atoms with Crippen LogP contribution in [0.2, 0.25) is 0 Å². The number of hydrogen-bond acceptors (Lipinski definition) is 5. The highest BCUT2D eigenvalue weighted by Crippen LogP contribution is 2.41. The SMILES string of the molecule is O=C(O)C1CN(S(=O)(=O)c2ccc3c(c2)OCCO3)c2ccccc21. The number of benzene rings is 2. The molecule has 2 aliphatic rings. The molecular weight excluding hydrogens is 346 g/mol. The van der Waals surface area contributed by atoms with Crippen LogP contribution in [0.25, 0.3) is 0 Å². The van der Waals surface area contributed by atoms with Gasteiger partial charge in [0.05, 0.1) is 17.1 Å². The fraction of sp³-hybridized carbons (Fsp3) is 0.235. The highest BCUT2D eigenvalue weighted by Gasteiger charge is 2.40. The molecule has 1 atom stereocenters. The van der Waals surface area contributed by atoms with Crippen LogP contribution < -0.4 is 13.8 Å². The van der Waals surface area contributed by atoms with E-state index in [9.17, 15) is 18.3 Å². The molecule has 7 nitrogen and oxygen atoms in total. The van der Waals surface area contributed by atoms with Gasteiger partial charge >= 0.3 is 5.97 Å². The molecule has 0 aromatic heterocycles. The molecule has 0 fully saturated rings. The molecule has 8 heteroatoms. The first-order valence-electron chi connectivity index (χ1n) is 7.72. The van der Waals surface area contributed by atoms with Crippen LogP contribution in [-0.4, -0.2) is 39.3 Å². The van der Waals surface area contributed by atoms with E-state index in [-0.39, 0.29) is 11.4 Å². The van der Waals surface area contributed by atoms with E-state index >= 15 is 0 Å². The minimum absolute atomic E-state index is 0.0394. The van der Waals surface area contributed by atoms with Crippen molar-refractivity contribution in [2.45, 2.75) is 10.8 Å². The van der Waals surface area contributed by atoms with Crippen molar-refractivity contribution in [1.82, 2.24) is 0 Å². The Balaban J connectivity index is 1.78. The summed E-state index contributed by atoms with van der Waals surface area (Å²) in [6.07, 6.45) is 0. The number of aliphatic carboxylic acids is 1. The third-order valence-corrected chi connectivity index (χ3v) is 6.10. The summed E-state index contributed by atoms with van der Waals surface area (Å²) in [4.78, 5) is 11.5. The lowest BCUT2D eigenvalue weighted by atomic mass is 10.0. The smallest absolute Gasteiger partial charge is 0.312 e. The predicted molar refractivity (Wildman–Crippen MR) is 88.8 cm³/mol. The van der Waals surface area contributed by atoms with Crippen molar-refractivity contribution in [2.75, 3.05) is 24.1 Å². The Morgan fingerprint density at radius 1 is 1.08 bits per heavy atom. The normalized spacial score (nSPS) is 18.7. The molecule has 25 heavy (non-hydrogen) atoms. The van der Waals surface area contributed by atoms with Crippen molar-refractivity contribution in [3.8, 4) is 11.5 Å². The zero-order valence-corrected chi connectivity index (χ0v) is 13.9. The number of para-hydroxylation sites is 1. The van der Waals surface area contributed by atoms with Gasteiger partial charge in [-0.25, -0.2) is 8.42 Å². The number of carboxylic acids is 1. The summed E-state index contributed by atoms with van der Waals surface area (Å²) in [6.45, 7) is 0.633. The second-order valence-electron chi connectivity index (χ2n) is 5.79. The number of rotatable bonds is 3. The van der Waals surface area contributed by atoms with Crippen molar-refractivity contribution in [1.29, 1.82) is 0 Å². The predicted octanol–water partition coefficient (Wildman–Crippen LogP) is 1.83. The van der Waals surface area contributed by atoms with Gasteiger partial charge in [0.1, 0.15) is 19.1 Å². The fourth-order valence-corrected chi connectivity index (χ4v) is 4.64. The van der Waals surface area contributed by atoms with Crippen LogP contribution in [0.1, 0.15) is 11.5 Å². The van der Waals surface area contributed by atoms with E-state index in [2.05, 4.69) is 0 Å². The number of carbonyl (C=O) groups is 1. The van der Waals surface area contributed by atoms with E-state index in [1.165, 1.54) is 12.1 Å². The van der Waals surface area contributed by atoms with Crippen molar-refractivity contribution in [3.05, 3.63) is 48.0 Å². The van der Waals surface area contributed by atoms with Crippen molar-refractivity contribution < 1.29 is 27.8 Å². The number of nitrogens with zero attached hydrogens (tertiary/aromatic N) is 1. The van der Waals surface area contributed by atoms with Crippen molar-refractivity contribution in [3.63, 3.8) is 0 Å². The van der Waals surface area contributed by atoms with Crippen LogP contribution in [0.15, 0.2) is 47.4 Å². The first kappa shape index (κ1) is 15.8. The summed E-state index contributed by atoms with van der Waals surface area (Å²) in [5.74, 6) is -1.07. The number of anilines is 1. The minimum Gasteiger partial charge on any atom is -0.486 e. The van der Waals surface area contributed by atoms with Gasteiger partial charge in [0.25, 0.3) is 10.0 Å². The zero-order chi connectivity index (χ0) is 17.6. The molecule has 2 aromatic carbocycles. The van der Waals surface area contributed by atoms with E-state index in [1.54, 1.807) is 30.3 Å². The second kappa shape index (κ2) is 5.66. The maximum Gasteiger partial charge on any atom is 0.312 e. The molecule has 0 spiro atoms. The Morgan fingerprint density at radius 3 is 2.56 bits per heavy atom. The molecule has 0 aliphatic carbocycles. The fourth-order valence-electron chi connectivity index (χ4n) is 3.12. The van der Waals surface area contributed by atoms with E-state index in [4.69, 9.17) is 9.47 Å². The van der Waals surface area contributed by atoms with Crippen molar-refractivity contribution >= 4 is 21.7 Å². The summed E-state index contributed by atoms with van der Waals surface area (Å²) < 4.78 is 38.2. The average Bonchev–Trinajstić information content (AvgIpc) is 3.02. The van der Waals surface area contributed by atoms with Crippen LogP contribution in [-0.2, 0) is 14.8 Å². The molecule has 1 N–H and O–H groups in total. The van der Waals surface area contributed by atoms with E-state index in [0.717, 1.165) is 4.31 Å². The Labute approximate surface area is 144 Å². The summed E-state index contributed by atoms with van der Waals surface area (Å²) in [6, 6.07) is 11.1. The topological polar surface area (TPSA) is 93.1 Å². The number of sulfonamides is 1. The Morgan fingerprint density at radius 2 is 1.80 bits per heavy atom. The van der Waals surface area contributed by atoms with E-state index in [1.807, 2.05) is 0 Å². The third-order valence-electron chi connectivity index (χ3n) is 4.33. The van der Waals surface area contributed by atoms with Gasteiger partial charge in [-0.2, -0.15) is 0 Å². The lowest BCUT2D eigenvalue weighted by Crippen LogP contribution is -2.31. The van der Waals surface area contributed by atoms with Crippen LogP contribution >= 0.6 is 0 Å². The highest BCUT2D eigenvalue weighted by molar-refractivity contribution is 7.92. The molecule has 0 saturated heterocycles. The third kappa shape index (κ3) is 2.49. The Hall–Kier alpha value is -2.74. The number of carboxylic acid groups (broad SMARTS) is 1. The standard InChI is InChI=1S/C17H15NO6S/c19-17(20)13-10-18(14-4-2-1-3-12(13)14)25(21,22)11-5-6-15-16(9-11)24-8-7-23-15/h1-6,9,13H,7-8,10H2,(H,19,20). The van der Waals surface area contributed by atoms with Crippen LogP contribution in [0, 0.1) is 0 Å². The van der Waals surface area contributed by atoms with Crippen LogP contribution in [0.3, 0.4) is 0 Å². The van der Waals surface area contributed by atoms with Gasteiger partial charge in [-0.15, -0.1) is 0 Å². The quantitative estimate of drug-likeness (QED) is 0.897. The first-order chi connectivity index (χ1) is 12.0. The van der Waals surface area contributed by atoms with E-state index in [0.29, 0.717) is 36.0 Å². The minimum atomic E-state index is -3.92. The maximum atomic E-state index is 13.1. The monoisotopic (exact) mass is 361 g/mol. The van der Waals surface area contributed by atoms with Gasteiger partial charge in [-0.3, -0.25) is 9.10 Å². The molecule has 0 saturated carbocycles. The van der Waals surface area contributed by atoms with Crippen LogP contribution in [0.5, 0.6) is 11.5 Å². The first-order valence-corrected chi connectivity index (χ1v) is 9.16. The van der Waals surface area contributed by atoms with Gasteiger partial charge < -0.3 is 14.6 Å². The molecule has 0 bridgehead atoms. The molecule has 2 aromatic rings. The van der Waals surface area contributed by atoms with Gasteiger partial charge in [0.15, 0.2) is 11.5 Å². The van der Waals surface area contributed by atoms with Gasteiger partial charge in [-0.1, -0.05) is 18.2 Å². The summed E-state index contributed by atoms with van der Waals surface area (Å²) in [5, 5.41) is 9.41. The largest absolute Gasteiger partial charge is 0.486 e. The zero-order valence-electron chi connectivity index (χ0n) is 13.1. The molecule has 2 aliphatic heterocycles. The van der Waals surface area contributed by atoms with Gasteiger partial charge in [0.2, 0.25) is 0 Å². The maximum absolute atomic E-state index is 13.1. The molecular formula is C17H15NO6S. The summed E-state index contributed by atoms with van der Waals surface area (Å²) >= 11 is 0. The lowest BCUT2D eigenvalue weighted by molar-refractivity contribution is -0.138. The Bertz CT molecular complexity index is 955. The van der Waals surface area contributed by atoms with Gasteiger partial charge in [0, 0.05) is 6.07 Å². The summed E-state index contributed by atoms with van der Waals surface area (Å²) in [5.41, 5.74) is 0.890. The molecule has 0 radical (unpaired) electrons.